The SMILES string of the molecule is CNC(=O)c1nn(C)cc1C(=O)O. The molecule has 0 aliphatic rings. The van der Waals surface area contributed by atoms with Crippen molar-refractivity contribution >= 4 is 11.9 Å². The summed E-state index contributed by atoms with van der Waals surface area (Å²) in [6.45, 7) is 0. The van der Waals surface area contributed by atoms with E-state index in [4.69, 9.17) is 5.11 Å². The standard InChI is InChI=1S/C7H9N3O3/c1-8-6(11)5-4(7(12)13)3-10(2)9-5/h3H,1-2H3,(H,8,11)(H,12,13). The molecule has 1 heterocycles. The molecule has 0 spiro atoms. The maximum absolute atomic E-state index is 11.1. The lowest BCUT2D eigenvalue weighted by molar-refractivity contribution is 0.0691. The Balaban J connectivity index is 3.19. The molecule has 1 aromatic rings. The highest BCUT2D eigenvalue weighted by Crippen LogP contribution is 2.05. The van der Waals surface area contributed by atoms with Gasteiger partial charge in [-0.25, -0.2) is 4.79 Å². The molecular weight excluding hydrogens is 174 g/mol. The van der Waals surface area contributed by atoms with Gasteiger partial charge in [-0.1, -0.05) is 0 Å². The number of carbonyl (C=O) groups excluding carboxylic acids is 1. The lowest BCUT2D eigenvalue weighted by Gasteiger charge is -1.94. The van der Waals surface area contributed by atoms with Gasteiger partial charge in [0, 0.05) is 20.3 Å². The van der Waals surface area contributed by atoms with Gasteiger partial charge in [0.2, 0.25) is 0 Å². The van der Waals surface area contributed by atoms with Crippen LogP contribution in [0.4, 0.5) is 0 Å². The first-order chi connectivity index (χ1) is 6.06. The van der Waals surface area contributed by atoms with E-state index in [1.165, 1.54) is 17.9 Å². The quantitative estimate of drug-likeness (QED) is 0.646. The van der Waals surface area contributed by atoms with Crippen molar-refractivity contribution in [1.29, 1.82) is 0 Å². The zero-order valence-electron chi connectivity index (χ0n) is 7.24. The van der Waals surface area contributed by atoms with E-state index in [1.54, 1.807) is 7.05 Å². The average molecular weight is 183 g/mol. The van der Waals surface area contributed by atoms with E-state index in [0.29, 0.717) is 0 Å². The number of aryl methyl sites for hydroxylation is 1. The van der Waals surface area contributed by atoms with E-state index >= 15 is 0 Å². The molecule has 6 nitrogen and oxygen atoms in total. The van der Waals surface area contributed by atoms with Crippen molar-refractivity contribution in [3.63, 3.8) is 0 Å². The van der Waals surface area contributed by atoms with Crippen LogP contribution in [0.25, 0.3) is 0 Å². The van der Waals surface area contributed by atoms with E-state index in [-0.39, 0.29) is 11.3 Å². The van der Waals surface area contributed by atoms with Crippen molar-refractivity contribution in [3.8, 4) is 0 Å². The minimum atomic E-state index is -1.16. The van der Waals surface area contributed by atoms with E-state index in [2.05, 4.69) is 10.4 Å². The molecule has 0 saturated heterocycles. The van der Waals surface area contributed by atoms with E-state index < -0.39 is 11.9 Å². The molecule has 0 aromatic carbocycles. The van der Waals surface area contributed by atoms with Crippen LogP contribution in [-0.4, -0.2) is 33.8 Å². The number of rotatable bonds is 2. The van der Waals surface area contributed by atoms with Crippen LogP contribution in [0.3, 0.4) is 0 Å². The largest absolute Gasteiger partial charge is 0.478 e. The van der Waals surface area contributed by atoms with Gasteiger partial charge in [-0.05, 0) is 0 Å². The molecule has 2 N–H and O–H groups in total. The van der Waals surface area contributed by atoms with Crippen LogP contribution in [0, 0.1) is 0 Å². The third kappa shape index (κ3) is 1.66. The van der Waals surface area contributed by atoms with Crippen LogP contribution in [-0.2, 0) is 7.05 Å². The summed E-state index contributed by atoms with van der Waals surface area (Å²) in [7, 11) is 2.97. The van der Waals surface area contributed by atoms with Crippen molar-refractivity contribution < 1.29 is 14.7 Å². The lowest BCUT2D eigenvalue weighted by atomic mass is 10.2. The number of nitrogens with one attached hydrogen (secondary N) is 1. The molecule has 0 bridgehead atoms. The number of carbonyl (C=O) groups is 2. The Morgan fingerprint density at radius 1 is 1.62 bits per heavy atom. The van der Waals surface area contributed by atoms with Gasteiger partial charge in [-0.2, -0.15) is 5.10 Å². The van der Waals surface area contributed by atoms with Crippen LogP contribution in [0.15, 0.2) is 6.20 Å². The number of nitrogens with zero attached hydrogens (tertiary/aromatic N) is 2. The Morgan fingerprint density at radius 2 is 2.23 bits per heavy atom. The second-order valence-corrected chi connectivity index (χ2v) is 2.45. The molecule has 1 rings (SSSR count). The molecule has 0 fully saturated rings. The molecule has 70 valence electrons. The normalized spacial score (nSPS) is 9.69. The number of hydrogen-bond acceptors (Lipinski definition) is 3. The molecule has 1 amide bonds. The van der Waals surface area contributed by atoms with Gasteiger partial charge >= 0.3 is 5.97 Å². The minimum Gasteiger partial charge on any atom is -0.478 e. The Morgan fingerprint density at radius 3 is 2.69 bits per heavy atom. The molecule has 0 radical (unpaired) electrons. The number of carboxylic acid groups (broad SMARTS) is 1. The van der Waals surface area contributed by atoms with Gasteiger partial charge in [-0.3, -0.25) is 9.48 Å². The molecule has 13 heavy (non-hydrogen) atoms. The van der Waals surface area contributed by atoms with Crippen molar-refractivity contribution in [3.05, 3.63) is 17.5 Å². The van der Waals surface area contributed by atoms with Gasteiger partial charge < -0.3 is 10.4 Å². The molecule has 6 heteroatoms. The molecular formula is C7H9N3O3. The van der Waals surface area contributed by atoms with Crippen LogP contribution in [0.2, 0.25) is 0 Å². The Labute approximate surface area is 74.2 Å². The molecule has 1 aromatic heterocycles. The summed E-state index contributed by atoms with van der Waals surface area (Å²) in [5.41, 5.74) is -0.167. The highest BCUT2D eigenvalue weighted by molar-refractivity contribution is 6.03. The van der Waals surface area contributed by atoms with E-state index in [9.17, 15) is 9.59 Å². The number of amides is 1. The fourth-order valence-electron chi connectivity index (χ4n) is 0.931. The Bertz CT molecular complexity index is 356. The number of hydrogen-bond donors (Lipinski definition) is 2. The smallest absolute Gasteiger partial charge is 0.339 e. The zero-order chi connectivity index (χ0) is 10.0. The van der Waals surface area contributed by atoms with Crippen molar-refractivity contribution in [2.24, 2.45) is 7.05 Å². The summed E-state index contributed by atoms with van der Waals surface area (Å²) in [4.78, 5) is 21.7. The van der Waals surface area contributed by atoms with Gasteiger partial charge in [0.25, 0.3) is 5.91 Å². The van der Waals surface area contributed by atoms with Crippen LogP contribution >= 0.6 is 0 Å². The predicted octanol–water partition coefficient (Wildman–Crippen LogP) is -0.522. The summed E-state index contributed by atoms with van der Waals surface area (Å²) in [5, 5.41) is 14.7. The summed E-state index contributed by atoms with van der Waals surface area (Å²) in [6.07, 6.45) is 1.28. The predicted molar refractivity (Wildman–Crippen MR) is 43.6 cm³/mol. The van der Waals surface area contributed by atoms with Crippen molar-refractivity contribution in [1.82, 2.24) is 15.1 Å². The average Bonchev–Trinajstić information content (AvgIpc) is 2.46. The topological polar surface area (TPSA) is 84.2 Å². The van der Waals surface area contributed by atoms with E-state index in [0.717, 1.165) is 0 Å². The third-order valence-corrected chi connectivity index (χ3v) is 1.50. The van der Waals surface area contributed by atoms with Gasteiger partial charge in [0.15, 0.2) is 5.69 Å². The summed E-state index contributed by atoms with van der Waals surface area (Å²) in [5.74, 6) is -1.66. The first-order valence-electron chi connectivity index (χ1n) is 3.55. The third-order valence-electron chi connectivity index (χ3n) is 1.50. The van der Waals surface area contributed by atoms with Crippen LogP contribution < -0.4 is 5.32 Å². The van der Waals surface area contributed by atoms with Gasteiger partial charge in [0.05, 0.1) is 0 Å². The van der Waals surface area contributed by atoms with Gasteiger partial charge in [0.1, 0.15) is 5.56 Å². The summed E-state index contributed by atoms with van der Waals surface area (Å²) < 4.78 is 1.29. The van der Waals surface area contributed by atoms with Gasteiger partial charge in [-0.15, -0.1) is 0 Å². The zero-order valence-corrected chi connectivity index (χ0v) is 7.24. The molecule has 0 aliphatic carbocycles. The maximum atomic E-state index is 11.1. The molecule has 0 unspecified atom stereocenters. The Kier molecular flexibility index (Phi) is 2.32. The maximum Gasteiger partial charge on any atom is 0.339 e. The second kappa shape index (κ2) is 3.26. The number of carboxylic acids is 1. The highest BCUT2D eigenvalue weighted by atomic mass is 16.4. The number of aromatic carboxylic acids is 1. The van der Waals surface area contributed by atoms with Crippen LogP contribution in [0.1, 0.15) is 20.8 Å². The lowest BCUT2D eigenvalue weighted by Crippen LogP contribution is -2.21. The van der Waals surface area contributed by atoms with Crippen LogP contribution in [0.5, 0.6) is 0 Å². The Hall–Kier alpha value is -1.85. The first-order valence-corrected chi connectivity index (χ1v) is 3.55. The summed E-state index contributed by atoms with van der Waals surface area (Å²) >= 11 is 0. The van der Waals surface area contributed by atoms with Crippen molar-refractivity contribution in [2.75, 3.05) is 7.05 Å². The molecule has 0 aliphatic heterocycles. The minimum absolute atomic E-state index is 0.0718. The fourth-order valence-corrected chi connectivity index (χ4v) is 0.931. The monoisotopic (exact) mass is 183 g/mol. The molecule has 0 atom stereocenters. The van der Waals surface area contributed by atoms with Crippen molar-refractivity contribution in [2.45, 2.75) is 0 Å². The first kappa shape index (κ1) is 9.24. The summed E-state index contributed by atoms with van der Waals surface area (Å²) in [6, 6.07) is 0. The number of aromatic nitrogens is 2. The second-order valence-electron chi connectivity index (χ2n) is 2.45. The highest BCUT2D eigenvalue weighted by Gasteiger charge is 2.19. The van der Waals surface area contributed by atoms with E-state index in [1.807, 2.05) is 0 Å². The fraction of sp³-hybridized carbons (Fsp3) is 0.286. The molecule has 0 saturated carbocycles.